The highest BCUT2D eigenvalue weighted by Crippen LogP contribution is 2.50. The molecule has 1 aliphatic carbocycles. The van der Waals surface area contributed by atoms with Crippen molar-refractivity contribution in [3.05, 3.63) is 81.5 Å². The summed E-state index contributed by atoms with van der Waals surface area (Å²) in [4.78, 5) is 38.4. The summed E-state index contributed by atoms with van der Waals surface area (Å²) in [5.74, 6) is 0.176. The lowest BCUT2D eigenvalue weighted by atomic mass is 9.95. The number of nitrogens with one attached hydrogen (secondary N) is 1. The van der Waals surface area contributed by atoms with Gasteiger partial charge in [0.25, 0.3) is 0 Å². The maximum atomic E-state index is 12.9. The fourth-order valence-electron chi connectivity index (χ4n) is 4.52. The van der Waals surface area contributed by atoms with Gasteiger partial charge in [-0.05, 0) is 66.1 Å². The van der Waals surface area contributed by atoms with Gasteiger partial charge in [0.15, 0.2) is 16.9 Å². The Labute approximate surface area is 213 Å². The van der Waals surface area contributed by atoms with Crippen LogP contribution in [0.2, 0.25) is 0 Å². The van der Waals surface area contributed by atoms with Crippen molar-refractivity contribution in [1.29, 1.82) is 0 Å². The number of esters is 1. The number of benzene rings is 2. The maximum absolute atomic E-state index is 12.9. The number of carbonyl (C=O) groups is 2. The number of ether oxygens (including phenoxy) is 3. The highest BCUT2D eigenvalue weighted by atomic mass is 32.2. The van der Waals surface area contributed by atoms with Crippen molar-refractivity contribution in [3.63, 3.8) is 0 Å². The van der Waals surface area contributed by atoms with Crippen molar-refractivity contribution < 1.29 is 23.8 Å². The van der Waals surface area contributed by atoms with Gasteiger partial charge in [-0.3, -0.25) is 9.59 Å². The predicted octanol–water partition coefficient (Wildman–Crippen LogP) is 4.80. The number of aryl methyl sites for hydroxylation is 1. The van der Waals surface area contributed by atoms with Crippen molar-refractivity contribution in [2.45, 2.75) is 30.7 Å². The fraction of sp³-hybridized carbons (Fsp3) is 0.250. The van der Waals surface area contributed by atoms with Crippen molar-refractivity contribution in [3.8, 4) is 28.4 Å². The lowest BCUT2D eigenvalue weighted by molar-refractivity contribution is -0.119. The number of hydrogen-bond donors (Lipinski definition) is 1. The van der Waals surface area contributed by atoms with Gasteiger partial charge in [0.2, 0.25) is 11.7 Å². The maximum Gasteiger partial charge on any atom is 0.343 e. The molecule has 1 N–H and O–H groups in total. The molecule has 0 radical (unpaired) electrons. The minimum absolute atomic E-state index is 0.123. The third-order valence-electron chi connectivity index (χ3n) is 6.09. The molecular weight excluding hydrogens is 478 g/mol. The highest BCUT2D eigenvalue weighted by Gasteiger charge is 2.30. The molecule has 0 spiro atoms. The minimum atomic E-state index is -0.520. The third kappa shape index (κ3) is 4.95. The van der Waals surface area contributed by atoms with E-state index in [0.717, 1.165) is 16.7 Å². The summed E-state index contributed by atoms with van der Waals surface area (Å²) in [6, 6.07) is 15.3. The molecule has 186 valence electrons. The van der Waals surface area contributed by atoms with Crippen LogP contribution in [0.15, 0.2) is 64.3 Å². The van der Waals surface area contributed by atoms with Gasteiger partial charge >= 0.3 is 5.97 Å². The van der Waals surface area contributed by atoms with Crippen LogP contribution in [0.4, 0.5) is 0 Å². The zero-order chi connectivity index (χ0) is 25.8. The predicted molar refractivity (Wildman–Crippen MR) is 139 cm³/mol. The largest absolute Gasteiger partial charge is 0.492 e. The van der Waals surface area contributed by atoms with E-state index < -0.39 is 5.97 Å². The average Bonchev–Trinajstić information content (AvgIpc) is 3.12. The van der Waals surface area contributed by atoms with E-state index in [0.29, 0.717) is 34.6 Å². The van der Waals surface area contributed by atoms with Crippen molar-refractivity contribution in [2.75, 3.05) is 20.5 Å². The van der Waals surface area contributed by atoms with Crippen molar-refractivity contribution >= 4 is 23.6 Å². The van der Waals surface area contributed by atoms with Gasteiger partial charge in [0.1, 0.15) is 0 Å². The van der Waals surface area contributed by atoms with E-state index in [2.05, 4.69) is 5.32 Å². The molecule has 0 aromatic heterocycles. The van der Waals surface area contributed by atoms with E-state index in [4.69, 9.17) is 14.2 Å². The van der Waals surface area contributed by atoms with Crippen LogP contribution in [0.1, 0.15) is 40.9 Å². The van der Waals surface area contributed by atoms with Crippen LogP contribution in [0.3, 0.4) is 0 Å². The third-order valence-corrected chi connectivity index (χ3v) is 6.87. The average molecular weight is 506 g/mol. The van der Waals surface area contributed by atoms with Gasteiger partial charge in [0, 0.05) is 12.5 Å². The first-order valence-corrected chi connectivity index (χ1v) is 12.6. The van der Waals surface area contributed by atoms with Crippen LogP contribution < -0.4 is 25.0 Å². The summed E-state index contributed by atoms with van der Waals surface area (Å²) in [6.45, 7) is 1.46. The van der Waals surface area contributed by atoms with Gasteiger partial charge in [-0.15, -0.1) is 11.8 Å². The Morgan fingerprint density at radius 1 is 1.00 bits per heavy atom. The SMILES string of the molecule is COc1c(OC(=O)c2ccccc2)cc2c(c1OC)-c1ccc(SC)c(=O)cc1[C@@H](NC(C)=O)CC2. The number of thioether (sulfide) groups is 1. The lowest BCUT2D eigenvalue weighted by Crippen LogP contribution is -2.26. The molecule has 0 saturated carbocycles. The Morgan fingerprint density at radius 2 is 1.72 bits per heavy atom. The Hall–Kier alpha value is -3.78. The van der Waals surface area contributed by atoms with Crippen LogP contribution in [-0.2, 0) is 11.2 Å². The number of methoxy groups -OCH3 is 2. The summed E-state index contributed by atoms with van der Waals surface area (Å²) in [5.41, 5.74) is 3.31. The van der Waals surface area contributed by atoms with E-state index in [1.165, 1.54) is 32.9 Å². The first kappa shape index (κ1) is 25.3. The minimum Gasteiger partial charge on any atom is -0.492 e. The van der Waals surface area contributed by atoms with E-state index in [1.54, 1.807) is 42.5 Å². The van der Waals surface area contributed by atoms with E-state index in [9.17, 15) is 14.4 Å². The second-order valence-corrected chi connectivity index (χ2v) is 9.15. The highest BCUT2D eigenvalue weighted by molar-refractivity contribution is 7.98. The van der Waals surface area contributed by atoms with Gasteiger partial charge in [-0.25, -0.2) is 4.79 Å². The molecule has 4 rings (SSSR count). The monoisotopic (exact) mass is 505 g/mol. The molecule has 1 aliphatic rings. The van der Waals surface area contributed by atoms with Crippen LogP contribution in [0, 0.1) is 0 Å². The molecule has 3 aromatic carbocycles. The lowest BCUT2D eigenvalue weighted by Gasteiger charge is -2.20. The normalized spacial score (nSPS) is 14.1. The summed E-state index contributed by atoms with van der Waals surface area (Å²) >= 11 is 1.36. The Balaban J connectivity index is 1.95. The number of carbonyl (C=O) groups excluding carboxylic acids is 2. The molecule has 0 unspecified atom stereocenters. The van der Waals surface area contributed by atoms with Gasteiger partial charge < -0.3 is 19.5 Å². The van der Waals surface area contributed by atoms with Crippen LogP contribution in [0.5, 0.6) is 17.2 Å². The second kappa shape index (κ2) is 10.9. The summed E-state index contributed by atoms with van der Waals surface area (Å²) in [5, 5.41) is 2.98. The summed E-state index contributed by atoms with van der Waals surface area (Å²) < 4.78 is 17.3. The smallest absolute Gasteiger partial charge is 0.343 e. The molecule has 0 fully saturated rings. The molecule has 36 heavy (non-hydrogen) atoms. The van der Waals surface area contributed by atoms with E-state index >= 15 is 0 Å². The molecule has 8 heteroatoms. The van der Waals surface area contributed by atoms with E-state index in [-0.39, 0.29) is 28.9 Å². The molecule has 0 aliphatic heterocycles. The topological polar surface area (TPSA) is 90.9 Å². The van der Waals surface area contributed by atoms with Gasteiger partial charge in [0.05, 0.1) is 30.7 Å². The molecule has 0 saturated heterocycles. The fourth-order valence-corrected chi connectivity index (χ4v) is 4.98. The Bertz CT molecular complexity index is 1370. The van der Waals surface area contributed by atoms with Crippen LogP contribution in [0.25, 0.3) is 11.1 Å². The molecular formula is C28H27NO6S. The Morgan fingerprint density at radius 3 is 2.36 bits per heavy atom. The second-order valence-electron chi connectivity index (χ2n) is 8.30. The molecule has 3 aromatic rings. The van der Waals surface area contributed by atoms with Crippen LogP contribution in [-0.4, -0.2) is 32.4 Å². The Kier molecular flexibility index (Phi) is 7.64. The van der Waals surface area contributed by atoms with Crippen molar-refractivity contribution in [1.82, 2.24) is 5.32 Å². The van der Waals surface area contributed by atoms with Gasteiger partial charge in [-0.2, -0.15) is 0 Å². The number of rotatable bonds is 6. The first-order valence-electron chi connectivity index (χ1n) is 11.4. The van der Waals surface area contributed by atoms with Gasteiger partial charge in [-0.1, -0.05) is 24.3 Å². The zero-order valence-corrected chi connectivity index (χ0v) is 21.4. The molecule has 7 nitrogen and oxygen atoms in total. The molecule has 1 amide bonds. The number of amides is 1. The van der Waals surface area contributed by atoms with E-state index in [1.807, 2.05) is 18.4 Å². The zero-order valence-electron chi connectivity index (χ0n) is 20.5. The quantitative estimate of drug-likeness (QED) is 0.292. The molecule has 0 heterocycles. The van der Waals surface area contributed by atoms with Crippen molar-refractivity contribution in [2.24, 2.45) is 0 Å². The number of fused-ring (bicyclic) bond motifs is 3. The summed E-state index contributed by atoms with van der Waals surface area (Å²) in [7, 11) is 3.00. The standard InChI is InChI=1S/C28H27NO6S/c1-16(30)29-21-12-10-18-14-23(35-28(32)17-8-6-5-7-9-17)26(33-2)27(34-3)25(18)19-11-13-24(36-4)22(31)15-20(19)21/h5-9,11,13-15,21H,10,12H2,1-4H3,(H,29,30)/t21-/m0/s1. The summed E-state index contributed by atoms with van der Waals surface area (Å²) in [6.07, 6.45) is 2.93. The van der Waals surface area contributed by atoms with Crippen LogP contribution >= 0.6 is 11.8 Å². The molecule has 1 atom stereocenters. The molecule has 0 bridgehead atoms. The first-order chi connectivity index (χ1) is 17.4. The number of hydrogen-bond acceptors (Lipinski definition) is 7.